The normalized spacial score (nSPS) is 11.4. The predicted octanol–water partition coefficient (Wildman–Crippen LogP) is 5.57. The smallest absolute Gasteiger partial charge is 0.416 e. The SMILES string of the molecule is Cc1nc2cc(NC(=O)c3cccnc3-c3ccc(C(F)(F)F)cc3)ccc2cc1C(=O)O. The highest BCUT2D eigenvalue weighted by Gasteiger charge is 2.30. The maximum absolute atomic E-state index is 13.0. The third-order valence-electron chi connectivity index (χ3n) is 5.03. The van der Waals surface area contributed by atoms with Gasteiger partial charge >= 0.3 is 12.1 Å². The number of hydrogen-bond donors (Lipinski definition) is 2. The van der Waals surface area contributed by atoms with Crippen LogP contribution in [0.4, 0.5) is 18.9 Å². The van der Waals surface area contributed by atoms with Crippen LogP contribution in [0.5, 0.6) is 0 Å². The first-order chi connectivity index (χ1) is 15.6. The summed E-state index contributed by atoms with van der Waals surface area (Å²) in [6, 6.07) is 13.9. The number of benzene rings is 2. The van der Waals surface area contributed by atoms with Crippen LogP contribution in [0.25, 0.3) is 22.2 Å². The number of nitrogens with zero attached hydrogens (tertiary/aromatic N) is 2. The molecule has 0 aliphatic carbocycles. The number of aromatic nitrogens is 2. The molecule has 33 heavy (non-hydrogen) atoms. The second-order valence-corrected chi connectivity index (χ2v) is 7.26. The molecule has 0 aliphatic rings. The molecule has 4 aromatic rings. The molecule has 6 nitrogen and oxygen atoms in total. The topological polar surface area (TPSA) is 92.2 Å². The Balaban J connectivity index is 1.64. The lowest BCUT2D eigenvalue weighted by Gasteiger charge is -2.12. The molecule has 9 heteroatoms. The second kappa shape index (κ2) is 8.34. The van der Waals surface area contributed by atoms with Crippen LogP contribution in [-0.4, -0.2) is 27.0 Å². The van der Waals surface area contributed by atoms with Crippen molar-refractivity contribution in [3.8, 4) is 11.3 Å². The third-order valence-corrected chi connectivity index (χ3v) is 5.03. The summed E-state index contributed by atoms with van der Waals surface area (Å²) in [6.45, 7) is 1.58. The molecule has 4 rings (SSSR count). The molecule has 0 bridgehead atoms. The lowest BCUT2D eigenvalue weighted by molar-refractivity contribution is -0.137. The molecule has 2 aromatic carbocycles. The summed E-state index contributed by atoms with van der Waals surface area (Å²) in [5.74, 6) is -1.58. The molecule has 2 N–H and O–H groups in total. The van der Waals surface area contributed by atoms with E-state index in [2.05, 4.69) is 15.3 Å². The number of carbonyl (C=O) groups is 2. The molecule has 0 radical (unpaired) electrons. The molecule has 0 saturated heterocycles. The van der Waals surface area contributed by atoms with E-state index in [1.54, 1.807) is 31.2 Å². The van der Waals surface area contributed by atoms with Crippen LogP contribution in [0, 0.1) is 6.92 Å². The number of carboxylic acid groups (broad SMARTS) is 1. The first kappa shape index (κ1) is 21.9. The highest BCUT2D eigenvalue weighted by Crippen LogP contribution is 2.31. The Morgan fingerprint density at radius 1 is 0.970 bits per heavy atom. The number of fused-ring (bicyclic) bond motifs is 1. The average molecular weight is 451 g/mol. The van der Waals surface area contributed by atoms with Crippen LogP contribution in [0.2, 0.25) is 0 Å². The van der Waals surface area contributed by atoms with Crippen molar-refractivity contribution in [1.82, 2.24) is 9.97 Å². The Morgan fingerprint density at radius 2 is 1.70 bits per heavy atom. The molecule has 0 aliphatic heterocycles. The van der Waals surface area contributed by atoms with Gasteiger partial charge in [-0.15, -0.1) is 0 Å². The minimum Gasteiger partial charge on any atom is -0.478 e. The van der Waals surface area contributed by atoms with Crippen molar-refractivity contribution in [1.29, 1.82) is 0 Å². The number of pyridine rings is 2. The van der Waals surface area contributed by atoms with Crippen LogP contribution in [0.1, 0.15) is 32.0 Å². The van der Waals surface area contributed by atoms with Crippen molar-refractivity contribution in [3.63, 3.8) is 0 Å². The minimum atomic E-state index is -4.46. The van der Waals surface area contributed by atoms with Crippen molar-refractivity contribution in [2.75, 3.05) is 5.32 Å². The van der Waals surface area contributed by atoms with E-state index in [0.29, 0.717) is 27.8 Å². The van der Waals surface area contributed by atoms with E-state index in [9.17, 15) is 27.9 Å². The number of hydrogen-bond acceptors (Lipinski definition) is 4. The Kier molecular flexibility index (Phi) is 5.55. The summed E-state index contributed by atoms with van der Waals surface area (Å²) in [4.78, 5) is 32.7. The molecule has 0 saturated carbocycles. The lowest BCUT2D eigenvalue weighted by atomic mass is 10.0. The summed E-state index contributed by atoms with van der Waals surface area (Å²) in [7, 11) is 0. The maximum Gasteiger partial charge on any atom is 0.416 e. The molecule has 1 amide bonds. The Hall–Kier alpha value is -4.27. The maximum atomic E-state index is 13.0. The molecular formula is C24H16F3N3O3. The van der Waals surface area contributed by atoms with Gasteiger partial charge in [0.15, 0.2) is 0 Å². The largest absolute Gasteiger partial charge is 0.478 e. The molecule has 0 atom stereocenters. The zero-order valence-electron chi connectivity index (χ0n) is 17.1. The van der Waals surface area contributed by atoms with Crippen molar-refractivity contribution >= 4 is 28.5 Å². The molecule has 2 heterocycles. The van der Waals surface area contributed by atoms with Crippen molar-refractivity contribution in [3.05, 3.63) is 89.2 Å². The zero-order chi connectivity index (χ0) is 23.8. The van der Waals surface area contributed by atoms with Gasteiger partial charge in [0.25, 0.3) is 5.91 Å². The Morgan fingerprint density at radius 3 is 2.36 bits per heavy atom. The summed E-state index contributed by atoms with van der Waals surface area (Å²) in [6.07, 6.45) is -3.01. The highest BCUT2D eigenvalue weighted by atomic mass is 19.4. The van der Waals surface area contributed by atoms with Crippen LogP contribution >= 0.6 is 0 Å². The van der Waals surface area contributed by atoms with E-state index in [4.69, 9.17) is 0 Å². The number of amides is 1. The standard InChI is InChI=1S/C24H16F3N3O3/c1-13-19(23(32)33)11-15-6-9-17(12-20(15)29-13)30-22(31)18-3-2-10-28-21(18)14-4-7-16(8-5-14)24(25,26)27/h2-12H,1H3,(H,30,31)(H,32,33). The van der Waals surface area contributed by atoms with Crippen LogP contribution in [-0.2, 0) is 6.18 Å². The number of halogens is 3. The fraction of sp³-hybridized carbons (Fsp3) is 0.0833. The second-order valence-electron chi connectivity index (χ2n) is 7.26. The number of alkyl halides is 3. The van der Waals surface area contributed by atoms with Gasteiger partial charge in [0.05, 0.1) is 33.6 Å². The monoisotopic (exact) mass is 451 g/mol. The fourth-order valence-electron chi connectivity index (χ4n) is 3.39. The van der Waals surface area contributed by atoms with Gasteiger partial charge in [-0.2, -0.15) is 13.2 Å². The highest BCUT2D eigenvalue weighted by molar-refractivity contribution is 6.08. The van der Waals surface area contributed by atoms with Gasteiger partial charge in [0, 0.05) is 22.8 Å². The summed E-state index contributed by atoms with van der Waals surface area (Å²) in [5, 5.41) is 12.6. The number of anilines is 1. The number of aromatic carboxylic acids is 1. The Labute approximate surface area is 185 Å². The first-order valence-corrected chi connectivity index (χ1v) is 9.72. The van der Waals surface area contributed by atoms with Gasteiger partial charge in [-0.1, -0.05) is 18.2 Å². The van der Waals surface area contributed by atoms with E-state index >= 15 is 0 Å². The molecule has 0 spiro atoms. The zero-order valence-corrected chi connectivity index (χ0v) is 17.1. The van der Waals surface area contributed by atoms with E-state index in [1.165, 1.54) is 30.5 Å². The Bertz CT molecular complexity index is 1380. The number of carboxylic acids is 1. The van der Waals surface area contributed by atoms with Crippen molar-refractivity contribution in [2.24, 2.45) is 0 Å². The van der Waals surface area contributed by atoms with E-state index in [0.717, 1.165) is 12.1 Å². The number of aryl methyl sites for hydroxylation is 1. The van der Waals surface area contributed by atoms with Gasteiger partial charge in [0.1, 0.15) is 0 Å². The van der Waals surface area contributed by atoms with Crippen molar-refractivity contribution < 1.29 is 27.9 Å². The molecule has 166 valence electrons. The summed E-state index contributed by atoms with van der Waals surface area (Å²) in [5.41, 5.74) is 1.36. The van der Waals surface area contributed by atoms with Gasteiger partial charge < -0.3 is 10.4 Å². The van der Waals surface area contributed by atoms with E-state index < -0.39 is 23.6 Å². The van der Waals surface area contributed by atoms with Crippen LogP contribution < -0.4 is 5.32 Å². The molecule has 2 aromatic heterocycles. The molecular weight excluding hydrogens is 435 g/mol. The summed E-state index contributed by atoms with van der Waals surface area (Å²) < 4.78 is 38.6. The quantitative estimate of drug-likeness (QED) is 0.423. The van der Waals surface area contributed by atoms with Crippen LogP contribution in [0.15, 0.2) is 66.9 Å². The fourth-order valence-corrected chi connectivity index (χ4v) is 3.39. The number of nitrogens with one attached hydrogen (secondary N) is 1. The summed E-state index contributed by atoms with van der Waals surface area (Å²) >= 11 is 0. The third kappa shape index (κ3) is 4.52. The average Bonchev–Trinajstić information content (AvgIpc) is 2.78. The van der Waals surface area contributed by atoms with E-state index in [1.807, 2.05) is 0 Å². The number of carbonyl (C=O) groups excluding carboxylic acids is 1. The molecule has 0 unspecified atom stereocenters. The van der Waals surface area contributed by atoms with Gasteiger partial charge in [-0.25, -0.2) is 4.79 Å². The van der Waals surface area contributed by atoms with Crippen molar-refractivity contribution in [2.45, 2.75) is 13.1 Å². The van der Waals surface area contributed by atoms with E-state index in [-0.39, 0.29) is 16.8 Å². The van der Waals surface area contributed by atoms with Crippen LogP contribution in [0.3, 0.4) is 0 Å². The number of rotatable bonds is 4. The van der Waals surface area contributed by atoms with Gasteiger partial charge in [-0.3, -0.25) is 14.8 Å². The van der Waals surface area contributed by atoms with Gasteiger partial charge in [-0.05, 0) is 49.4 Å². The minimum absolute atomic E-state index is 0.0934. The predicted molar refractivity (Wildman–Crippen MR) is 116 cm³/mol. The lowest BCUT2D eigenvalue weighted by Crippen LogP contribution is -2.14. The first-order valence-electron chi connectivity index (χ1n) is 9.72. The molecule has 0 fully saturated rings. The van der Waals surface area contributed by atoms with Gasteiger partial charge in [0.2, 0.25) is 0 Å².